The van der Waals surface area contributed by atoms with Gasteiger partial charge in [0.05, 0.1) is 0 Å². The predicted molar refractivity (Wildman–Crippen MR) is 78.8 cm³/mol. The summed E-state index contributed by atoms with van der Waals surface area (Å²) >= 11 is 9.48. The average molecular weight is 344 g/mol. The zero-order chi connectivity index (χ0) is 14.0. The average Bonchev–Trinajstić information content (AvgIpc) is 2.40. The van der Waals surface area contributed by atoms with Crippen LogP contribution in [-0.4, -0.2) is 5.11 Å². The fourth-order valence-corrected chi connectivity index (χ4v) is 2.78. The number of halogens is 3. The van der Waals surface area contributed by atoms with E-state index in [4.69, 9.17) is 11.6 Å². The van der Waals surface area contributed by atoms with Gasteiger partial charge in [0.25, 0.3) is 0 Å². The highest BCUT2D eigenvalue weighted by atomic mass is 79.9. The molecule has 100 valence electrons. The van der Waals surface area contributed by atoms with Gasteiger partial charge in [0.2, 0.25) is 0 Å². The lowest BCUT2D eigenvalue weighted by molar-refractivity contribution is 0.0762. The Morgan fingerprint density at radius 1 is 1.26 bits per heavy atom. The van der Waals surface area contributed by atoms with Gasteiger partial charge in [-0.3, -0.25) is 0 Å². The van der Waals surface area contributed by atoms with E-state index in [0.29, 0.717) is 22.6 Å². The van der Waals surface area contributed by atoms with E-state index in [1.807, 2.05) is 25.1 Å². The Balaban J connectivity index is 2.62. The fraction of sp³-hybridized carbons (Fsp3) is 0.200. The first-order valence-electron chi connectivity index (χ1n) is 5.91. The maximum atomic E-state index is 13.4. The molecule has 0 aliphatic heterocycles. The van der Waals surface area contributed by atoms with Crippen molar-refractivity contribution in [3.05, 3.63) is 68.9 Å². The van der Waals surface area contributed by atoms with Crippen molar-refractivity contribution in [3.63, 3.8) is 0 Å². The largest absolute Gasteiger partial charge is 0.380 e. The fourth-order valence-electron chi connectivity index (χ4n) is 2.11. The van der Waals surface area contributed by atoms with Gasteiger partial charge in [0, 0.05) is 15.1 Å². The second kappa shape index (κ2) is 5.61. The molecule has 0 bridgehead atoms. The SMILES string of the molecule is CCC(O)(c1cccc(Br)c1)c1cc(F)ccc1Cl. The van der Waals surface area contributed by atoms with Gasteiger partial charge in [-0.1, -0.05) is 46.6 Å². The summed E-state index contributed by atoms with van der Waals surface area (Å²) in [5.74, 6) is -0.415. The van der Waals surface area contributed by atoms with Crippen LogP contribution in [0, 0.1) is 5.82 Å². The third kappa shape index (κ3) is 2.83. The summed E-state index contributed by atoms with van der Waals surface area (Å²) in [6.07, 6.45) is 0.395. The number of benzene rings is 2. The minimum absolute atomic E-state index is 0.353. The van der Waals surface area contributed by atoms with Gasteiger partial charge in [-0.25, -0.2) is 4.39 Å². The van der Waals surface area contributed by atoms with Crippen molar-refractivity contribution >= 4 is 27.5 Å². The Kier molecular flexibility index (Phi) is 4.29. The molecule has 2 aromatic carbocycles. The predicted octanol–water partition coefficient (Wildman–Crippen LogP) is 4.89. The van der Waals surface area contributed by atoms with Crippen LogP contribution in [-0.2, 0) is 5.60 Å². The van der Waals surface area contributed by atoms with Crippen LogP contribution in [0.5, 0.6) is 0 Å². The zero-order valence-electron chi connectivity index (χ0n) is 10.3. The molecular formula is C15H13BrClFO. The van der Waals surface area contributed by atoms with E-state index in [2.05, 4.69) is 15.9 Å². The lowest BCUT2D eigenvalue weighted by Crippen LogP contribution is -2.27. The molecule has 1 atom stereocenters. The molecule has 0 saturated carbocycles. The van der Waals surface area contributed by atoms with Crippen molar-refractivity contribution in [2.24, 2.45) is 0 Å². The minimum Gasteiger partial charge on any atom is -0.380 e. The molecule has 1 N–H and O–H groups in total. The van der Waals surface area contributed by atoms with Crippen LogP contribution in [0.15, 0.2) is 46.9 Å². The molecule has 1 unspecified atom stereocenters. The highest BCUT2D eigenvalue weighted by Crippen LogP contribution is 2.38. The van der Waals surface area contributed by atoms with Gasteiger partial charge < -0.3 is 5.11 Å². The number of hydrogen-bond donors (Lipinski definition) is 1. The van der Waals surface area contributed by atoms with Crippen LogP contribution in [0.1, 0.15) is 24.5 Å². The molecule has 0 aliphatic carbocycles. The van der Waals surface area contributed by atoms with Crippen molar-refractivity contribution in [2.75, 3.05) is 0 Å². The van der Waals surface area contributed by atoms with Gasteiger partial charge >= 0.3 is 0 Å². The highest BCUT2D eigenvalue weighted by molar-refractivity contribution is 9.10. The van der Waals surface area contributed by atoms with Crippen molar-refractivity contribution in [1.29, 1.82) is 0 Å². The lowest BCUT2D eigenvalue weighted by atomic mass is 9.84. The summed E-state index contributed by atoms with van der Waals surface area (Å²) in [6, 6.07) is 11.3. The van der Waals surface area contributed by atoms with Crippen LogP contribution in [0.25, 0.3) is 0 Å². The first-order chi connectivity index (χ1) is 8.97. The standard InChI is InChI=1S/C15H13BrClFO/c1-2-15(19,10-4-3-5-11(16)8-10)13-9-12(18)6-7-14(13)17/h3-9,19H,2H2,1H3. The quantitative estimate of drug-likeness (QED) is 0.841. The Morgan fingerprint density at radius 2 is 2.00 bits per heavy atom. The summed E-state index contributed by atoms with van der Waals surface area (Å²) in [4.78, 5) is 0. The summed E-state index contributed by atoms with van der Waals surface area (Å²) in [7, 11) is 0. The topological polar surface area (TPSA) is 20.2 Å². The molecule has 1 nitrogen and oxygen atoms in total. The Labute approximate surface area is 125 Å². The van der Waals surface area contributed by atoms with Crippen LogP contribution in [0.2, 0.25) is 5.02 Å². The maximum Gasteiger partial charge on any atom is 0.123 e. The maximum absolute atomic E-state index is 13.4. The normalized spacial score (nSPS) is 14.2. The summed E-state index contributed by atoms with van der Waals surface area (Å²) in [5.41, 5.74) is -0.241. The molecule has 0 spiro atoms. The van der Waals surface area contributed by atoms with Crippen LogP contribution in [0.3, 0.4) is 0 Å². The van der Waals surface area contributed by atoms with Gasteiger partial charge in [-0.2, -0.15) is 0 Å². The molecule has 2 rings (SSSR count). The molecule has 0 aromatic heterocycles. The Hall–Kier alpha value is -0.900. The summed E-state index contributed by atoms with van der Waals surface area (Å²) in [6.45, 7) is 1.84. The first kappa shape index (κ1) is 14.5. The van der Waals surface area contributed by atoms with Crippen LogP contribution in [0.4, 0.5) is 4.39 Å². The number of aliphatic hydroxyl groups is 1. The summed E-state index contributed by atoms with van der Waals surface area (Å²) in [5, 5.41) is 11.3. The third-order valence-electron chi connectivity index (χ3n) is 3.19. The van der Waals surface area contributed by atoms with Gasteiger partial charge in [-0.05, 0) is 42.3 Å². The van der Waals surface area contributed by atoms with Crippen molar-refractivity contribution in [1.82, 2.24) is 0 Å². The Morgan fingerprint density at radius 3 is 2.63 bits per heavy atom. The van der Waals surface area contributed by atoms with E-state index in [1.54, 1.807) is 6.07 Å². The molecule has 0 radical (unpaired) electrons. The summed E-state index contributed by atoms with van der Waals surface area (Å²) < 4.78 is 14.3. The van der Waals surface area contributed by atoms with E-state index < -0.39 is 11.4 Å². The van der Waals surface area contributed by atoms with Crippen LogP contribution < -0.4 is 0 Å². The second-order valence-electron chi connectivity index (χ2n) is 4.35. The number of hydrogen-bond acceptors (Lipinski definition) is 1. The van der Waals surface area contributed by atoms with Gasteiger partial charge in [-0.15, -0.1) is 0 Å². The van der Waals surface area contributed by atoms with Crippen molar-refractivity contribution < 1.29 is 9.50 Å². The van der Waals surface area contributed by atoms with Crippen molar-refractivity contribution in [3.8, 4) is 0 Å². The number of rotatable bonds is 3. The Bertz CT molecular complexity index is 602. The molecule has 0 aliphatic rings. The van der Waals surface area contributed by atoms with Gasteiger partial charge in [0.15, 0.2) is 0 Å². The van der Waals surface area contributed by atoms with Crippen LogP contribution >= 0.6 is 27.5 Å². The van der Waals surface area contributed by atoms with E-state index >= 15 is 0 Å². The van der Waals surface area contributed by atoms with E-state index in [-0.39, 0.29) is 0 Å². The van der Waals surface area contributed by atoms with E-state index in [0.717, 1.165) is 4.47 Å². The molecule has 2 aromatic rings. The monoisotopic (exact) mass is 342 g/mol. The van der Waals surface area contributed by atoms with Crippen molar-refractivity contribution in [2.45, 2.75) is 18.9 Å². The van der Waals surface area contributed by atoms with E-state index in [9.17, 15) is 9.50 Å². The molecule has 4 heteroatoms. The minimum atomic E-state index is -1.30. The lowest BCUT2D eigenvalue weighted by Gasteiger charge is -2.29. The molecule has 0 amide bonds. The second-order valence-corrected chi connectivity index (χ2v) is 5.67. The van der Waals surface area contributed by atoms with E-state index in [1.165, 1.54) is 18.2 Å². The smallest absolute Gasteiger partial charge is 0.123 e. The zero-order valence-corrected chi connectivity index (χ0v) is 12.7. The highest BCUT2D eigenvalue weighted by Gasteiger charge is 2.32. The molecule has 0 heterocycles. The third-order valence-corrected chi connectivity index (χ3v) is 4.01. The molecule has 0 saturated heterocycles. The molecular weight excluding hydrogens is 331 g/mol. The molecule has 0 fully saturated rings. The molecule has 19 heavy (non-hydrogen) atoms. The van der Waals surface area contributed by atoms with Gasteiger partial charge in [0.1, 0.15) is 11.4 Å². The first-order valence-corrected chi connectivity index (χ1v) is 7.08.